The number of aromatic hydroxyl groups is 1. The molecular formula is C10H12N2O5. The number of phenolic OH excluding ortho intramolecular Hbond substituents is 1. The summed E-state index contributed by atoms with van der Waals surface area (Å²) in [5.74, 6) is -0.267. The number of amides is 1. The smallest absolute Gasteiger partial charge is 0.411 e. The summed E-state index contributed by atoms with van der Waals surface area (Å²) in [4.78, 5) is 21.1. The van der Waals surface area contributed by atoms with Gasteiger partial charge in [0.05, 0.1) is 16.7 Å². The number of rotatable bonds is 3. The molecule has 0 heterocycles. The molecule has 0 spiro atoms. The van der Waals surface area contributed by atoms with E-state index in [0.717, 1.165) is 18.2 Å². The molecule has 7 nitrogen and oxygen atoms in total. The Kier molecular flexibility index (Phi) is 3.86. The van der Waals surface area contributed by atoms with Gasteiger partial charge in [-0.3, -0.25) is 15.4 Å². The van der Waals surface area contributed by atoms with E-state index in [0.29, 0.717) is 0 Å². The van der Waals surface area contributed by atoms with Crippen molar-refractivity contribution in [2.75, 3.05) is 5.32 Å². The third kappa shape index (κ3) is 3.63. The zero-order chi connectivity index (χ0) is 13.0. The molecule has 1 rings (SSSR count). The van der Waals surface area contributed by atoms with Crippen LogP contribution in [-0.4, -0.2) is 22.2 Å². The Morgan fingerprint density at radius 3 is 2.71 bits per heavy atom. The molecule has 0 aromatic heterocycles. The monoisotopic (exact) mass is 240 g/mol. The molecule has 0 aliphatic heterocycles. The Hall–Kier alpha value is -2.31. The number of nitrogens with zero attached hydrogens (tertiary/aromatic N) is 1. The fourth-order valence-corrected chi connectivity index (χ4v) is 1.09. The highest BCUT2D eigenvalue weighted by Crippen LogP contribution is 2.27. The van der Waals surface area contributed by atoms with Crippen LogP contribution >= 0.6 is 0 Å². The minimum atomic E-state index is -0.782. The number of non-ortho nitro benzene ring substituents is 1. The lowest BCUT2D eigenvalue weighted by Crippen LogP contribution is -2.18. The molecule has 0 radical (unpaired) electrons. The first-order valence-corrected chi connectivity index (χ1v) is 4.85. The Labute approximate surface area is 97.2 Å². The van der Waals surface area contributed by atoms with Gasteiger partial charge >= 0.3 is 6.09 Å². The van der Waals surface area contributed by atoms with E-state index < -0.39 is 11.0 Å². The molecule has 1 aromatic rings. The second-order valence-electron chi connectivity index (χ2n) is 3.54. The van der Waals surface area contributed by atoms with Crippen molar-refractivity contribution < 1.29 is 19.6 Å². The van der Waals surface area contributed by atoms with Gasteiger partial charge in [-0.1, -0.05) is 0 Å². The van der Waals surface area contributed by atoms with Crippen LogP contribution in [0.3, 0.4) is 0 Å². The average Bonchev–Trinajstić information content (AvgIpc) is 2.19. The molecule has 0 aliphatic carbocycles. The number of nitro benzene ring substituents is 1. The predicted molar refractivity (Wildman–Crippen MR) is 60.0 cm³/mol. The van der Waals surface area contributed by atoms with Gasteiger partial charge in [0.15, 0.2) is 0 Å². The highest BCUT2D eigenvalue weighted by atomic mass is 16.6. The molecule has 0 atom stereocenters. The van der Waals surface area contributed by atoms with E-state index in [9.17, 15) is 20.0 Å². The first-order chi connectivity index (χ1) is 7.90. The fraction of sp³-hybridized carbons (Fsp3) is 0.300. The van der Waals surface area contributed by atoms with Crippen LogP contribution in [-0.2, 0) is 4.74 Å². The Morgan fingerprint density at radius 2 is 2.18 bits per heavy atom. The minimum Gasteiger partial charge on any atom is -0.506 e. The number of anilines is 1. The van der Waals surface area contributed by atoms with Crippen molar-refractivity contribution in [2.24, 2.45) is 0 Å². The lowest BCUT2D eigenvalue weighted by atomic mass is 10.2. The number of carbonyl (C=O) groups excluding carboxylic acids is 1. The molecule has 0 saturated carbocycles. The number of phenols is 1. The SMILES string of the molecule is CC(C)OC(=O)Nc1cc([N+](=O)[O-])ccc1O. The molecule has 0 bridgehead atoms. The standard InChI is InChI=1S/C10H12N2O5/c1-6(2)17-10(14)11-8-5-7(12(15)16)3-4-9(8)13/h3-6,13H,1-2H3,(H,11,14). The number of nitrogens with one attached hydrogen (secondary N) is 1. The molecule has 1 amide bonds. The second-order valence-corrected chi connectivity index (χ2v) is 3.54. The lowest BCUT2D eigenvalue weighted by molar-refractivity contribution is -0.384. The number of benzene rings is 1. The summed E-state index contributed by atoms with van der Waals surface area (Å²) in [5.41, 5.74) is -0.299. The van der Waals surface area contributed by atoms with Crippen molar-refractivity contribution >= 4 is 17.5 Å². The molecular weight excluding hydrogens is 228 g/mol. The van der Waals surface area contributed by atoms with Gasteiger partial charge in [0, 0.05) is 12.1 Å². The van der Waals surface area contributed by atoms with Crippen molar-refractivity contribution in [1.29, 1.82) is 0 Å². The number of carbonyl (C=O) groups is 1. The topological polar surface area (TPSA) is 102 Å². The average molecular weight is 240 g/mol. The molecule has 17 heavy (non-hydrogen) atoms. The molecule has 2 N–H and O–H groups in total. The molecule has 0 fully saturated rings. The number of hydrogen-bond acceptors (Lipinski definition) is 5. The van der Waals surface area contributed by atoms with Crippen molar-refractivity contribution in [1.82, 2.24) is 0 Å². The molecule has 7 heteroatoms. The number of nitro groups is 1. The van der Waals surface area contributed by atoms with Crippen LogP contribution in [0.2, 0.25) is 0 Å². The Morgan fingerprint density at radius 1 is 1.53 bits per heavy atom. The van der Waals surface area contributed by atoms with E-state index in [4.69, 9.17) is 4.74 Å². The Bertz CT molecular complexity index is 444. The fourth-order valence-electron chi connectivity index (χ4n) is 1.09. The van der Waals surface area contributed by atoms with Crippen LogP contribution in [0.5, 0.6) is 5.75 Å². The van der Waals surface area contributed by atoms with Gasteiger partial charge in [0.1, 0.15) is 5.75 Å². The third-order valence-electron chi connectivity index (χ3n) is 1.77. The van der Waals surface area contributed by atoms with E-state index in [1.54, 1.807) is 13.8 Å². The summed E-state index contributed by atoms with van der Waals surface area (Å²) < 4.78 is 4.78. The van der Waals surface area contributed by atoms with Crippen LogP contribution in [0.1, 0.15) is 13.8 Å². The summed E-state index contributed by atoms with van der Waals surface area (Å²) in [5, 5.41) is 22.1. The van der Waals surface area contributed by atoms with Gasteiger partial charge in [-0.2, -0.15) is 0 Å². The van der Waals surface area contributed by atoms with Crippen LogP contribution < -0.4 is 5.32 Å². The zero-order valence-corrected chi connectivity index (χ0v) is 9.34. The maximum absolute atomic E-state index is 11.2. The first kappa shape index (κ1) is 12.8. The van der Waals surface area contributed by atoms with E-state index in [-0.39, 0.29) is 23.2 Å². The van der Waals surface area contributed by atoms with Crippen molar-refractivity contribution in [3.05, 3.63) is 28.3 Å². The van der Waals surface area contributed by atoms with Crippen LogP contribution in [0.15, 0.2) is 18.2 Å². The highest BCUT2D eigenvalue weighted by molar-refractivity contribution is 5.87. The maximum atomic E-state index is 11.2. The van der Waals surface area contributed by atoms with E-state index >= 15 is 0 Å². The van der Waals surface area contributed by atoms with Crippen molar-refractivity contribution in [3.8, 4) is 5.75 Å². The maximum Gasteiger partial charge on any atom is 0.411 e. The number of ether oxygens (including phenoxy) is 1. The van der Waals surface area contributed by atoms with E-state index in [1.165, 1.54) is 0 Å². The quantitative estimate of drug-likeness (QED) is 0.479. The zero-order valence-electron chi connectivity index (χ0n) is 9.34. The van der Waals surface area contributed by atoms with Crippen molar-refractivity contribution in [2.45, 2.75) is 20.0 Å². The van der Waals surface area contributed by atoms with Gasteiger partial charge in [-0.25, -0.2) is 4.79 Å². The van der Waals surface area contributed by atoms with Crippen molar-refractivity contribution in [3.63, 3.8) is 0 Å². The summed E-state index contributed by atoms with van der Waals surface area (Å²) >= 11 is 0. The van der Waals surface area contributed by atoms with E-state index in [2.05, 4.69) is 5.32 Å². The summed E-state index contributed by atoms with van der Waals surface area (Å²) in [6, 6.07) is 3.31. The molecule has 1 aromatic carbocycles. The second kappa shape index (κ2) is 5.15. The minimum absolute atomic E-state index is 0.0650. The third-order valence-corrected chi connectivity index (χ3v) is 1.77. The molecule has 0 saturated heterocycles. The predicted octanol–water partition coefficient (Wildman–Crippen LogP) is 2.26. The highest BCUT2D eigenvalue weighted by Gasteiger charge is 2.13. The van der Waals surface area contributed by atoms with Gasteiger partial charge in [0.25, 0.3) is 5.69 Å². The summed E-state index contributed by atoms with van der Waals surface area (Å²) in [7, 11) is 0. The van der Waals surface area contributed by atoms with Gasteiger partial charge in [-0.05, 0) is 19.9 Å². The van der Waals surface area contributed by atoms with Gasteiger partial charge in [0.2, 0.25) is 0 Å². The largest absolute Gasteiger partial charge is 0.506 e. The summed E-state index contributed by atoms with van der Waals surface area (Å²) in [6.07, 6.45) is -1.10. The lowest BCUT2D eigenvalue weighted by Gasteiger charge is -2.10. The van der Waals surface area contributed by atoms with Crippen LogP contribution in [0.25, 0.3) is 0 Å². The molecule has 0 unspecified atom stereocenters. The Balaban J connectivity index is 2.86. The molecule has 92 valence electrons. The summed E-state index contributed by atoms with van der Waals surface area (Å²) in [6.45, 7) is 3.32. The van der Waals surface area contributed by atoms with Gasteiger partial charge in [-0.15, -0.1) is 0 Å². The van der Waals surface area contributed by atoms with Crippen LogP contribution in [0, 0.1) is 10.1 Å². The van der Waals surface area contributed by atoms with Crippen LogP contribution in [0.4, 0.5) is 16.2 Å². The first-order valence-electron chi connectivity index (χ1n) is 4.85. The number of hydrogen-bond donors (Lipinski definition) is 2. The normalized spacial score (nSPS) is 10.1. The van der Waals surface area contributed by atoms with Gasteiger partial charge < -0.3 is 9.84 Å². The molecule has 0 aliphatic rings. The van der Waals surface area contributed by atoms with E-state index in [1.807, 2.05) is 0 Å².